The minimum absolute atomic E-state index is 0.347. The lowest BCUT2D eigenvalue weighted by Crippen LogP contribution is -2.19. The van der Waals surface area contributed by atoms with Crippen molar-refractivity contribution in [2.45, 2.75) is 18.8 Å². The van der Waals surface area contributed by atoms with Crippen molar-refractivity contribution in [3.8, 4) is 0 Å². The molecule has 1 heterocycles. The van der Waals surface area contributed by atoms with Crippen LogP contribution >= 0.6 is 22.9 Å². The lowest BCUT2D eigenvalue weighted by atomic mass is 10.3. The number of anilines is 2. The Hall–Kier alpha value is -1.66. The molecule has 0 radical (unpaired) electrons. The molecule has 98 valence electrons. The summed E-state index contributed by atoms with van der Waals surface area (Å²) in [5, 5.41) is 15.4. The van der Waals surface area contributed by atoms with E-state index in [1.807, 2.05) is 0 Å². The Kier molecular flexibility index (Phi) is 3.35. The van der Waals surface area contributed by atoms with E-state index in [1.165, 1.54) is 24.2 Å². The SMILES string of the molecule is O=C(Nc1cccc(Cl)c1)Nc1nnc(C2CC2)s1. The molecule has 1 saturated carbocycles. The number of aromatic nitrogens is 2. The van der Waals surface area contributed by atoms with Crippen LogP contribution in [0, 0.1) is 0 Å². The first-order chi connectivity index (χ1) is 9.20. The fraction of sp³-hybridized carbons (Fsp3) is 0.250. The van der Waals surface area contributed by atoms with Gasteiger partial charge in [0, 0.05) is 16.6 Å². The number of hydrogen-bond acceptors (Lipinski definition) is 4. The van der Waals surface area contributed by atoms with Crippen molar-refractivity contribution in [3.63, 3.8) is 0 Å². The van der Waals surface area contributed by atoms with Crippen molar-refractivity contribution in [2.75, 3.05) is 10.6 Å². The molecule has 2 amide bonds. The lowest BCUT2D eigenvalue weighted by molar-refractivity contribution is 0.262. The van der Waals surface area contributed by atoms with Gasteiger partial charge in [-0.1, -0.05) is 29.0 Å². The van der Waals surface area contributed by atoms with E-state index in [0.717, 1.165) is 5.01 Å². The van der Waals surface area contributed by atoms with Crippen LogP contribution in [-0.4, -0.2) is 16.2 Å². The molecule has 0 bridgehead atoms. The normalized spacial score (nSPS) is 14.2. The molecule has 2 aromatic rings. The molecule has 5 nitrogen and oxygen atoms in total. The van der Waals surface area contributed by atoms with Crippen LogP contribution in [0.15, 0.2) is 24.3 Å². The summed E-state index contributed by atoms with van der Waals surface area (Å²) in [6.45, 7) is 0. The second-order valence-electron chi connectivity index (χ2n) is 4.31. The highest BCUT2D eigenvalue weighted by molar-refractivity contribution is 7.15. The van der Waals surface area contributed by atoms with Crippen molar-refractivity contribution in [1.82, 2.24) is 10.2 Å². The summed E-state index contributed by atoms with van der Waals surface area (Å²) in [5.41, 5.74) is 0.636. The average Bonchev–Trinajstić information content (AvgIpc) is 3.11. The molecule has 1 aromatic carbocycles. The molecule has 1 aromatic heterocycles. The molecule has 1 fully saturated rings. The predicted octanol–water partition coefficient (Wildman–Crippen LogP) is 3.71. The molecule has 0 atom stereocenters. The fourth-order valence-corrected chi connectivity index (χ4v) is 2.70. The van der Waals surface area contributed by atoms with Gasteiger partial charge in [0.2, 0.25) is 5.13 Å². The number of rotatable bonds is 3. The van der Waals surface area contributed by atoms with Crippen LogP contribution in [0.2, 0.25) is 5.02 Å². The van der Waals surface area contributed by atoms with Crippen LogP contribution in [-0.2, 0) is 0 Å². The standard InChI is InChI=1S/C12H11ClN4OS/c13-8-2-1-3-9(6-8)14-11(18)15-12-17-16-10(19-12)7-4-5-7/h1-3,6-7H,4-5H2,(H2,14,15,17,18). The minimum atomic E-state index is -0.347. The summed E-state index contributed by atoms with van der Waals surface area (Å²) in [4.78, 5) is 11.8. The predicted molar refractivity (Wildman–Crippen MR) is 76.0 cm³/mol. The van der Waals surface area contributed by atoms with E-state index in [0.29, 0.717) is 21.8 Å². The van der Waals surface area contributed by atoms with Gasteiger partial charge in [0.25, 0.3) is 0 Å². The van der Waals surface area contributed by atoms with E-state index in [9.17, 15) is 4.79 Å². The number of amides is 2. The summed E-state index contributed by atoms with van der Waals surface area (Å²) in [7, 11) is 0. The van der Waals surface area contributed by atoms with E-state index in [-0.39, 0.29) is 6.03 Å². The molecule has 19 heavy (non-hydrogen) atoms. The third-order valence-electron chi connectivity index (χ3n) is 2.67. The first-order valence-electron chi connectivity index (χ1n) is 5.88. The van der Waals surface area contributed by atoms with Gasteiger partial charge in [0.05, 0.1) is 0 Å². The number of hydrogen-bond donors (Lipinski definition) is 2. The molecule has 1 aliphatic rings. The summed E-state index contributed by atoms with van der Waals surface area (Å²) in [6, 6.07) is 6.62. The Morgan fingerprint density at radius 3 is 2.89 bits per heavy atom. The first kappa shape index (κ1) is 12.4. The molecule has 0 aliphatic heterocycles. The van der Waals surface area contributed by atoms with Crippen molar-refractivity contribution in [2.24, 2.45) is 0 Å². The van der Waals surface area contributed by atoms with E-state index in [1.54, 1.807) is 24.3 Å². The number of carbonyl (C=O) groups excluding carboxylic acids is 1. The van der Waals surface area contributed by atoms with Gasteiger partial charge < -0.3 is 5.32 Å². The Morgan fingerprint density at radius 2 is 2.16 bits per heavy atom. The van der Waals surface area contributed by atoms with Gasteiger partial charge in [0.1, 0.15) is 5.01 Å². The highest BCUT2D eigenvalue weighted by Gasteiger charge is 2.27. The topological polar surface area (TPSA) is 66.9 Å². The second-order valence-corrected chi connectivity index (χ2v) is 5.75. The van der Waals surface area contributed by atoms with Gasteiger partial charge in [-0.05, 0) is 31.0 Å². The van der Waals surface area contributed by atoms with E-state index in [4.69, 9.17) is 11.6 Å². The molecule has 3 rings (SSSR count). The summed E-state index contributed by atoms with van der Waals surface area (Å²) in [5.74, 6) is 0.545. The summed E-state index contributed by atoms with van der Waals surface area (Å²) >= 11 is 7.27. The van der Waals surface area contributed by atoms with Crippen LogP contribution in [0.5, 0.6) is 0 Å². The van der Waals surface area contributed by atoms with Gasteiger partial charge in [-0.3, -0.25) is 5.32 Å². The van der Waals surface area contributed by atoms with Crippen LogP contribution in [0.3, 0.4) is 0 Å². The van der Waals surface area contributed by atoms with Gasteiger partial charge in [-0.15, -0.1) is 10.2 Å². The van der Waals surface area contributed by atoms with E-state index < -0.39 is 0 Å². The Balaban J connectivity index is 1.61. The zero-order chi connectivity index (χ0) is 13.2. The van der Waals surface area contributed by atoms with Crippen LogP contribution < -0.4 is 10.6 Å². The minimum Gasteiger partial charge on any atom is -0.308 e. The number of benzene rings is 1. The van der Waals surface area contributed by atoms with Gasteiger partial charge in [-0.25, -0.2) is 4.79 Å². The monoisotopic (exact) mass is 294 g/mol. The largest absolute Gasteiger partial charge is 0.325 e. The molecular weight excluding hydrogens is 284 g/mol. The Morgan fingerprint density at radius 1 is 1.32 bits per heavy atom. The first-order valence-corrected chi connectivity index (χ1v) is 7.07. The Bertz CT molecular complexity index is 611. The third kappa shape index (κ3) is 3.21. The maximum atomic E-state index is 11.8. The summed E-state index contributed by atoms with van der Waals surface area (Å²) < 4.78 is 0. The van der Waals surface area contributed by atoms with Crippen LogP contribution in [0.4, 0.5) is 15.6 Å². The van der Waals surface area contributed by atoms with Crippen molar-refractivity contribution in [1.29, 1.82) is 0 Å². The third-order valence-corrected chi connectivity index (χ3v) is 3.91. The number of urea groups is 1. The molecule has 7 heteroatoms. The van der Waals surface area contributed by atoms with E-state index >= 15 is 0 Å². The average molecular weight is 295 g/mol. The highest BCUT2D eigenvalue weighted by Crippen LogP contribution is 2.42. The van der Waals surface area contributed by atoms with Crippen LogP contribution in [0.25, 0.3) is 0 Å². The maximum absolute atomic E-state index is 11.8. The molecule has 0 spiro atoms. The zero-order valence-corrected chi connectivity index (χ0v) is 11.5. The van der Waals surface area contributed by atoms with Crippen molar-refractivity contribution >= 4 is 39.8 Å². The quantitative estimate of drug-likeness (QED) is 0.907. The smallest absolute Gasteiger partial charge is 0.308 e. The fourth-order valence-electron chi connectivity index (χ4n) is 1.61. The number of carbonyl (C=O) groups is 1. The second kappa shape index (κ2) is 5.14. The number of halogens is 1. The van der Waals surface area contributed by atoms with Crippen molar-refractivity contribution < 1.29 is 4.79 Å². The highest BCUT2D eigenvalue weighted by atomic mass is 35.5. The van der Waals surface area contributed by atoms with Crippen LogP contribution in [0.1, 0.15) is 23.8 Å². The van der Waals surface area contributed by atoms with Gasteiger partial charge >= 0.3 is 6.03 Å². The zero-order valence-electron chi connectivity index (χ0n) is 9.89. The molecular formula is C12H11ClN4OS. The summed E-state index contributed by atoms with van der Waals surface area (Å²) in [6.07, 6.45) is 2.34. The molecule has 1 aliphatic carbocycles. The molecule has 0 unspecified atom stereocenters. The Labute approximate surface area is 119 Å². The van der Waals surface area contributed by atoms with Crippen molar-refractivity contribution in [3.05, 3.63) is 34.3 Å². The van der Waals surface area contributed by atoms with Gasteiger partial charge in [-0.2, -0.15) is 0 Å². The van der Waals surface area contributed by atoms with E-state index in [2.05, 4.69) is 20.8 Å². The maximum Gasteiger partial charge on any atom is 0.325 e. The lowest BCUT2D eigenvalue weighted by Gasteiger charge is -2.04. The van der Waals surface area contributed by atoms with Gasteiger partial charge in [0.15, 0.2) is 0 Å². The number of nitrogens with zero attached hydrogens (tertiary/aromatic N) is 2. The molecule has 0 saturated heterocycles. The molecule has 2 N–H and O–H groups in total. The number of nitrogens with one attached hydrogen (secondary N) is 2.